The maximum Gasteiger partial charge on any atom is 0.309 e. The molecule has 0 aliphatic heterocycles. The molecule has 0 bridgehead atoms. The van der Waals surface area contributed by atoms with Crippen molar-refractivity contribution < 1.29 is 9.90 Å². The molecule has 0 amide bonds. The van der Waals surface area contributed by atoms with Crippen molar-refractivity contribution in [1.29, 1.82) is 0 Å². The smallest absolute Gasteiger partial charge is 0.309 e. The Morgan fingerprint density at radius 2 is 2.29 bits per heavy atom. The van der Waals surface area contributed by atoms with Crippen LogP contribution in [0.25, 0.3) is 0 Å². The number of hydrogen-bond donors (Lipinski definition) is 1. The van der Waals surface area contributed by atoms with Gasteiger partial charge in [0.1, 0.15) is 0 Å². The van der Waals surface area contributed by atoms with Crippen molar-refractivity contribution in [2.75, 3.05) is 0 Å². The molecule has 0 spiro atoms. The lowest BCUT2D eigenvalue weighted by Crippen LogP contribution is -2.02. The zero-order chi connectivity index (χ0) is 12.3. The lowest BCUT2D eigenvalue weighted by atomic mass is 10.2. The van der Waals surface area contributed by atoms with Gasteiger partial charge < -0.3 is 5.11 Å². The van der Waals surface area contributed by atoms with E-state index >= 15 is 0 Å². The molecule has 2 rings (SSSR count). The molecule has 0 atom stereocenters. The van der Waals surface area contributed by atoms with Gasteiger partial charge in [0.25, 0.3) is 0 Å². The molecule has 7 heteroatoms. The highest BCUT2D eigenvalue weighted by Crippen LogP contribution is 2.01. The number of carboxylic acid groups (broad SMARTS) is 1. The molecule has 2 heterocycles. The third-order valence-corrected chi connectivity index (χ3v) is 2.31. The predicted molar refractivity (Wildman–Crippen MR) is 58.3 cm³/mol. The van der Waals surface area contributed by atoms with E-state index < -0.39 is 5.97 Å². The minimum atomic E-state index is -0.899. The fraction of sp³-hybridized carbons (Fsp3) is 0.400. The van der Waals surface area contributed by atoms with E-state index in [1.54, 1.807) is 21.8 Å². The summed E-state index contributed by atoms with van der Waals surface area (Å²) in [4.78, 5) is 10.5. The maximum atomic E-state index is 10.5. The molecule has 0 aliphatic carbocycles. The normalized spacial score (nSPS) is 10.6. The Labute approximate surface area is 97.7 Å². The van der Waals surface area contributed by atoms with Crippen molar-refractivity contribution in [1.82, 2.24) is 24.8 Å². The van der Waals surface area contributed by atoms with Crippen LogP contribution in [0.4, 0.5) is 0 Å². The van der Waals surface area contributed by atoms with E-state index in [1.165, 1.54) is 0 Å². The largest absolute Gasteiger partial charge is 0.481 e. The average Bonchev–Trinajstić information content (AvgIpc) is 2.84. The molecule has 0 fully saturated rings. The SMILES string of the molecule is Cn1cc(CCn2cc(CC(=O)O)nn2)cn1. The van der Waals surface area contributed by atoms with Gasteiger partial charge in [-0.25, -0.2) is 0 Å². The second-order valence-corrected chi connectivity index (χ2v) is 3.82. The van der Waals surface area contributed by atoms with Crippen molar-refractivity contribution >= 4 is 5.97 Å². The molecule has 0 saturated carbocycles. The van der Waals surface area contributed by atoms with Crippen molar-refractivity contribution in [2.24, 2.45) is 7.05 Å². The number of rotatable bonds is 5. The van der Waals surface area contributed by atoms with Gasteiger partial charge in [0.15, 0.2) is 0 Å². The van der Waals surface area contributed by atoms with Gasteiger partial charge in [-0.2, -0.15) is 5.10 Å². The Morgan fingerprint density at radius 1 is 1.47 bits per heavy atom. The van der Waals surface area contributed by atoms with Crippen molar-refractivity contribution in [3.05, 3.63) is 29.8 Å². The summed E-state index contributed by atoms with van der Waals surface area (Å²) in [7, 11) is 1.87. The quantitative estimate of drug-likeness (QED) is 0.781. The average molecular weight is 235 g/mol. The maximum absolute atomic E-state index is 10.5. The predicted octanol–water partition coefficient (Wildman–Crippen LogP) is -0.119. The highest BCUT2D eigenvalue weighted by atomic mass is 16.4. The summed E-state index contributed by atoms with van der Waals surface area (Å²) in [5.41, 5.74) is 1.59. The van der Waals surface area contributed by atoms with Crippen LogP contribution in [0.2, 0.25) is 0 Å². The first-order valence-corrected chi connectivity index (χ1v) is 5.22. The van der Waals surface area contributed by atoms with Crippen molar-refractivity contribution in [3.63, 3.8) is 0 Å². The van der Waals surface area contributed by atoms with E-state index in [0.29, 0.717) is 12.2 Å². The van der Waals surface area contributed by atoms with E-state index in [1.807, 2.05) is 13.2 Å². The summed E-state index contributed by atoms with van der Waals surface area (Å²) in [5, 5.41) is 20.3. The molecular weight excluding hydrogens is 222 g/mol. The van der Waals surface area contributed by atoms with Crippen LogP contribution in [0.1, 0.15) is 11.3 Å². The summed E-state index contributed by atoms with van der Waals surface area (Å²) in [6.07, 6.45) is 6.10. The molecule has 0 aliphatic rings. The number of carboxylic acids is 1. The molecule has 0 saturated heterocycles. The minimum Gasteiger partial charge on any atom is -0.481 e. The molecule has 1 N–H and O–H groups in total. The zero-order valence-corrected chi connectivity index (χ0v) is 9.44. The van der Waals surface area contributed by atoms with Crippen LogP contribution < -0.4 is 0 Å². The number of aromatic nitrogens is 5. The van der Waals surface area contributed by atoms with Crippen LogP contribution in [0.3, 0.4) is 0 Å². The van der Waals surface area contributed by atoms with Gasteiger partial charge in [0, 0.05) is 26.0 Å². The molecule has 17 heavy (non-hydrogen) atoms. The molecule has 0 unspecified atom stereocenters. The third kappa shape index (κ3) is 3.13. The van der Waals surface area contributed by atoms with Crippen LogP contribution in [-0.2, 0) is 31.2 Å². The lowest BCUT2D eigenvalue weighted by Gasteiger charge is -1.96. The van der Waals surface area contributed by atoms with Crippen LogP contribution in [0.5, 0.6) is 0 Å². The van der Waals surface area contributed by atoms with E-state index in [4.69, 9.17) is 5.11 Å². The van der Waals surface area contributed by atoms with Crippen molar-refractivity contribution in [3.8, 4) is 0 Å². The number of carbonyl (C=O) groups is 1. The number of nitrogens with zero attached hydrogens (tertiary/aromatic N) is 5. The Balaban J connectivity index is 1.91. The van der Waals surface area contributed by atoms with Gasteiger partial charge in [-0.3, -0.25) is 14.2 Å². The molecule has 2 aromatic rings. The van der Waals surface area contributed by atoms with Crippen LogP contribution in [-0.4, -0.2) is 35.9 Å². The summed E-state index contributed by atoms with van der Waals surface area (Å²) in [6, 6.07) is 0. The van der Waals surface area contributed by atoms with E-state index in [0.717, 1.165) is 12.0 Å². The highest BCUT2D eigenvalue weighted by molar-refractivity contribution is 5.69. The summed E-state index contributed by atoms with van der Waals surface area (Å²) < 4.78 is 3.39. The zero-order valence-electron chi connectivity index (χ0n) is 9.44. The first kappa shape index (κ1) is 11.3. The molecule has 7 nitrogen and oxygen atoms in total. The third-order valence-electron chi connectivity index (χ3n) is 2.31. The van der Waals surface area contributed by atoms with Gasteiger partial charge in [0.05, 0.1) is 18.3 Å². The Morgan fingerprint density at radius 3 is 2.94 bits per heavy atom. The molecule has 0 aromatic carbocycles. The van der Waals surface area contributed by atoms with Gasteiger partial charge >= 0.3 is 5.97 Å². The monoisotopic (exact) mass is 235 g/mol. The lowest BCUT2D eigenvalue weighted by molar-refractivity contribution is -0.136. The van der Waals surface area contributed by atoms with Gasteiger partial charge in [-0.15, -0.1) is 5.10 Å². The first-order chi connectivity index (χ1) is 8.13. The second-order valence-electron chi connectivity index (χ2n) is 3.82. The standard InChI is InChI=1S/C10H13N5O2/c1-14-6-8(5-11-14)2-3-15-7-9(12-13-15)4-10(16)17/h5-7H,2-4H2,1H3,(H,16,17). The van der Waals surface area contributed by atoms with E-state index in [9.17, 15) is 4.79 Å². The summed E-state index contributed by atoms with van der Waals surface area (Å²) >= 11 is 0. The Hall–Kier alpha value is -2.18. The van der Waals surface area contributed by atoms with Gasteiger partial charge in [0.2, 0.25) is 0 Å². The van der Waals surface area contributed by atoms with Gasteiger partial charge in [-0.1, -0.05) is 5.21 Å². The molecule has 2 aromatic heterocycles. The number of aryl methyl sites for hydroxylation is 3. The topological polar surface area (TPSA) is 85.8 Å². The van der Waals surface area contributed by atoms with E-state index in [2.05, 4.69) is 15.4 Å². The number of hydrogen-bond acceptors (Lipinski definition) is 4. The minimum absolute atomic E-state index is 0.0904. The van der Waals surface area contributed by atoms with Crippen LogP contribution in [0.15, 0.2) is 18.6 Å². The highest BCUT2D eigenvalue weighted by Gasteiger charge is 2.05. The van der Waals surface area contributed by atoms with E-state index in [-0.39, 0.29) is 6.42 Å². The molecule has 90 valence electrons. The van der Waals surface area contributed by atoms with Crippen LogP contribution in [0, 0.1) is 0 Å². The van der Waals surface area contributed by atoms with Crippen molar-refractivity contribution in [2.45, 2.75) is 19.4 Å². The molecule has 0 radical (unpaired) electrons. The summed E-state index contributed by atoms with van der Waals surface area (Å²) in [6.45, 7) is 0.665. The number of aliphatic carboxylic acids is 1. The molecular formula is C10H13N5O2. The Bertz CT molecular complexity index is 516. The summed E-state index contributed by atoms with van der Waals surface area (Å²) in [5.74, 6) is -0.899. The van der Waals surface area contributed by atoms with Gasteiger partial charge in [-0.05, 0) is 12.0 Å². The fourth-order valence-corrected chi connectivity index (χ4v) is 1.53. The Kier molecular flexibility index (Phi) is 3.17. The first-order valence-electron chi connectivity index (χ1n) is 5.22. The second kappa shape index (κ2) is 4.77. The van der Waals surface area contributed by atoms with Crippen LogP contribution >= 0.6 is 0 Å². The fourth-order valence-electron chi connectivity index (χ4n) is 1.53.